The summed E-state index contributed by atoms with van der Waals surface area (Å²) >= 11 is 0. The Balaban J connectivity index is 0.000000360. The first-order chi connectivity index (χ1) is 8.41. The molecule has 0 N–H and O–H groups in total. The second kappa shape index (κ2) is 9.46. The van der Waals surface area contributed by atoms with Gasteiger partial charge in [-0.05, 0) is 31.8 Å². The average molecular weight is 286 g/mol. The first-order valence-electron chi connectivity index (χ1n) is 5.98. The van der Waals surface area contributed by atoms with Gasteiger partial charge in [-0.1, -0.05) is 30.3 Å². The maximum absolute atomic E-state index is 5.53. The summed E-state index contributed by atoms with van der Waals surface area (Å²) in [5.41, 5.74) is 1.26. The highest BCUT2D eigenvalue weighted by Gasteiger charge is 2.19. The zero-order valence-electron chi connectivity index (χ0n) is 12.3. The summed E-state index contributed by atoms with van der Waals surface area (Å²) in [6.07, 6.45) is 0. The molecule has 0 fully saturated rings. The number of rotatable bonds is 5. The van der Waals surface area contributed by atoms with Gasteiger partial charge in [-0.3, -0.25) is 0 Å². The van der Waals surface area contributed by atoms with E-state index in [0.717, 1.165) is 6.61 Å². The van der Waals surface area contributed by atoms with E-state index in [1.54, 1.807) is 14.2 Å². The summed E-state index contributed by atoms with van der Waals surface area (Å²) in [4.78, 5) is 0. The molecule has 0 aromatic heterocycles. The van der Waals surface area contributed by atoms with Gasteiger partial charge in [-0.25, -0.2) is 0 Å². The van der Waals surface area contributed by atoms with Gasteiger partial charge in [0.2, 0.25) is 9.04 Å². The van der Waals surface area contributed by atoms with Crippen molar-refractivity contribution < 1.29 is 13.3 Å². The highest BCUT2D eigenvalue weighted by Crippen LogP contribution is 2.01. The fourth-order valence-electron chi connectivity index (χ4n) is 0.885. The van der Waals surface area contributed by atoms with Crippen LogP contribution in [-0.4, -0.2) is 31.8 Å². The lowest BCUT2D eigenvalue weighted by molar-refractivity contribution is 0.258. The second-order valence-electron chi connectivity index (χ2n) is 4.49. The van der Waals surface area contributed by atoms with Crippen LogP contribution in [0.4, 0.5) is 0 Å². The van der Waals surface area contributed by atoms with Gasteiger partial charge < -0.3 is 13.3 Å². The minimum atomic E-state index is -1.65. The van der Waals surface area contributed by atoms with Crippen molar-refractivity contribution in [2.45, 2.75) is 32.8 Å². The lowest BCUT2D eigenvalue weighted by atomic mass is 10.2. The third kappa shape index (κ3) is 9.55. The van der Waals surface area contributed by atoms with E-state index in [1.807, 2.05) is 31.3 Å². The standard InChI is InChI=1S/C9H13OSi.C4H12O2Si/c1-11(2)10-8-9-6-4-3-5-7-9;1-5-7(3,4)6-2/h3-7H,8H2,1-2H3;1-4H3. The fraction of sp³-hybridized carbons (Fsp3) is 0.538. The molecule has 0 heterocycles. The molecule has 0 saturated carbocycles. The summed E-state index contributed by atoms with van der Waals surface area (Å²) in [5, 5.41) is 0. The molecule has 0 atom stereocenters. The van der Waals surface area contributed by atoms with Crippen molar-refractivity contribution in [2.24, 2.45) is 0 Å². The third-order valence-corrected chi connectivity index (χ3v) is 5.04. The van der Waals surface area contributed by atoms with E-state index in [1.165, 1.54) is 5.56 Å². The SMILES string of the molecule is CO[Si](C)(C)OC.C[Si](C)OCc1ccccc1. The Morgan fingerprint density at radius 1 is 1.00 bits per heavy atom. The van der Waals surface area contributed by atoms with Crippen LogP contribution in [0.3, 0.4) is 0 Å². The van der Waals surface area contributed by atoms with Gasteiger partial charge in [0, 0.05) is 14.2 Å². The predicted octanol–water partition coefficient (Wildman–Crippen LogP) is 3.44. The van der Waals surface area contributed by atoms with Crippen LogP contribution < -0.4 is 0 Å². The summed E-state index contributed by atoms with van der Waals surface area (Å²) in [6.45, 7) is 9.04. The van der Waals surface area contributed by atoms with Crippen LogP contribution in [0.5, 0.6) is 0 Å². The molecule has 0 aliphatic carbocycles. The molecule has 3 nitrogen and oxygen atoms in total. The first-order valence-corrected chi connectivity index (χ1v) is 11.2. The smallest absolute Gasteiger partial charge is 0.331 e. The molecule has 103 valence electrons. The topological polar surface area (TPSA) is 27.7 Å². The molecule has 1 rings (SSSR count). The van der Waals surface area contributed by atoms with E-state index in [-0.39, 0.29) is 0 Å². The van der Waals surface area contributed by atoms with Gasteiger partial charge in [-0.15, -0.1) is 0 Å². The summed E-state index contributed by atoms with van der Waals surface area (Å²) < 4.78 is 15.5. The molecule has 0 aliphatic rings. The van der Waals surface area contributed by atoms with Gasteiger partial charge in [0.1, 0.15) is 0 Å². The minimum absolute atomic E-state index is 0.532. The highest BCUT2D eigenvalue weighted by atomic mass is 28.4. The van der Waals surface area contributed by atoms with Crippen molar-refractivity contribution in [3.63, 3.8) is 0 Å². The Labute approximate surface area is 114 Å². The summed E-state index contributed by atoms with van der Waals surface area (Å²) in [5.74, 6) is 0. The molecule has 0 bridgehead atoms. The molecule has 0 aliphatic heterocycles. The Kier molecular flexibility index (Phi) is 9.22. The number of hydrogen-bond acceptors (Lipinski definition) is 3. The molecular weight excluding hydrogens is 260 g/mol. The van der Waals surface area contributed by atoms with Crippen molar-refractivity contribution in [2.75, 3.05) is 14.2 Å². The molecule has 18 heavy (non-hydrogen) atoms. The van der Waals surface area contributed by atoms with Crippen LogP contribution in [0.1, 0.15) is 5.56 Å². The zero-order valence-corrected chi connectivity index (χ0v) is 14.3. The zero-order chi connectivity index (χ0) is 14.0. The van der Waals surface area contributed by atoms with Crippen LogP contribution in [0.2, 0.25) is 26.2 Å². The first kappa shape index (κ1) is 17.5. The quantitative estimate of drug-likeness (QED) is 0.776. The van der Waals surface area contributed by atoms with Gasteiger partial charge in [0.15, 0.2) is 0 Å². The molecular formula is C13H25O3Si2. The minimum Gasteiger partial charge on any atom is -0.413 e. The maximum Gasteiger partial charge on any atom is 0.331 e. The lowest BCUT2D eigenvalue weighted by Gasteiger charge is -2.15. The molecule has 0 saturated heterocycles. The fourth-order valence-corrected chi connectivity index (χ4v) is 1.51. The van der Waals surface area contributed by atoms with E-state index in [4.69, 9.17) is 13.3 Å². The molecule has 1 radical (unpaired) electrons. The maximum atomic E-state index is 5.53. The van der Waals surface area contributed by atoms with Crippen LogP contribution >= 0.6 is 0 Å². The van der Waals surface area contributed by atoms with Gasteiger partial charge in [0.05, 0.1) is 6.61 Å². The average Bonchev–Trinajstić information content (AvgIpc) is 2.38. The van der Waals surface area contributed by atoms with Gasteiger partial charge in [0.25, 0.3) is 0 Å². The number of benzene rings is 1. The highest BCUT2D eigenvalue weighted by molar-refractivity contribution is 6.64. The molecule has 0 amide bonds. The summed E-state index contributed by atoms with van der Waals surface area (Å²) in [6, 6.07) is 10.3. The largest absolute Gasteiger partial charge is 0.413 e. The van der Waals surface area contributed by atoms with E-state index in [0.29, 0.717) is 0 Å². The van der Waals surface area contributed by atoms with E-state index < -0.39 is 17.6 Å². The normalized spacial score (nSPS) is 11.1. The molecule has 5 heteroatoms. The van der Waals surface area contributed by atoms with Crippen LogP contribution in [-0.2, 0) is 19.9 Å². The molecule has 1 aromatic rings. The van der Waals surface area contributed by atoms with Crippen LogP contribution in [0.25, 0.3) is 0 Å². The monoisotopic (exact) mass is 285 g/mol. The van der Waals surface area contributed by atoms with Crippen LogP contribution in [0.15, 0.2) is 30.3 Å². The van der Waals surface area contributed by atoms with Crippen LogP contribution in [0, 0.1) is 0 Å². The number of hydrogen-bond donors (Lipinski definition) is 0. The van der Waals surface area contributed by atoms with Crippen molar-refractivity contribution in [1.29, 1.82) is 0 Å². The molecule has 0 unspecified atom stereocenters. The van der Waals surface area contributed by atoms with Crippen molar-refractivity contribution in [1.82, 2.24) is 0 Å². The van der Waals surface area contributed by atoms with Crippen molar-refractivity contribution in [3.05, 3.63) is 35.9 Å². The van der Waals surface area contributed by atoms with E-state index >= 15 is 0 Å². The predicted molar refractivity (Wildman–Crippen MR) is 80.2 cm³/mol. The van der Waals surface area contributed by atoms with Gasteiger partial charge >= 0.3 is 8.56 Å². The Morgan fingerprint density at radius 3 is 1.83 bits per heavy atom. The van der Waals surface area contributed by atoms with Crippen molar-refractivity contribution >= 4 is 17.6 Å². The summed E-state index contributed by atoms with van der Waals surface area (Å²) in [7, 11) is 1.17. The molecule has 1 aromatic carbocycles. The molecule has 0 spiro atoms. The van der Waals surface area contributed by atoms with E-state index in [2.05, 4.69) is 25.2 Å². The van der Waals surface area contributed by atoms with Gasteiger partial charge in [-0.2, -0.15) is 0 Å². The third-order valence-electron chi connectivity index (χ3n) is 2.35. The Bertz CT molecular complexity index is 296. The van der Waals surface area contributed by atoms with E-state index in [9.17, 15) is 0 Å². The second-order valence-corrected chi connectivity index (χ2v) is 10.2. The lowest BCUT2D eigenvalue weighted by Crippen LogP contribution is -2.31. The Morgan fingerprint density at radius 2 is 1.50 bits per heavy atom. The Hall–Kier alpha value is -0.466. The van der Waals surface area contributed by atoms with Crippen molar-refractivity contribution in [3.8, 4) is 0 Å².